The quantitative estimate of drug-likeness (QED) is 0.0230. The maximum atomic E-state index is 16.1. The van der Waals surface area contributed by atoms with Crippen LogP contribution < -0.4 is 23.8 Å². The summed E-state index contributed by atoms with van der Waals surface area (Å²) in [6.07, 6.45) is -0.742. The zero-order chi connectivity index (χ0) is 65.3. The molecule has 5 N–H and O–H groups in total. The van der Waals surface area contributed by atoms with E-state index in [1.165, 1.54) is 48.5 Å². The van der Waals surface area contributed by atoms with Crippen molar-refractivity contribution in [2.24, 2.45) is 0 Å². The predicted octanol–water partition coefficient (Wildman–Crippen LogP) is 12.0. The molecule has 0 unspecified atom stereocenters. The molecule has 91 heavy (non-hydrogen) atoms. The van der Waals surface area contributed by atoms with Crippen LogP contribution in [0.3, 0.4) is 0 Å². The molecule has 0 aliphatic carbocycles. The second kappa shape index (κ2) is 21.9. The highest BCUT2D eigenvalue weighted by Gasteiger charge is 2.43. The van der Waals surface area contributed by atoms with Crippen molar-refractivity contribution in [3.8, 4) is 46.0 Å². The summed E-state index contributed by atoms with van der Waals surface area (Å²) in [6, 6.07) is 27.6. The minimum atomic E-state index is -4.81. The highest BCUT2D eigenvalue weighted by Crippen LogP contribution is 2.58. The fourth-order valence-electron chi connectivity index (χ4n) is 11.5. The van der Waals surface area contributed by atoms with E-state index in [4.69, 9.17) is 18.9 Å². The summed E-state index contributed by atoms with van der Waals surface area (Å²) in [4.78, 5) is 74.0. The summed E-state index contributed by atoms with van der Waals surface area (Å²) < 4.78 is 166. The molecule has 2 aliphatic rings. The number of carbonyl (C=O) groups excluding carboxylic acids is 4. The number of nitrogens with zero attached hydrogens (tertiary/aromatic N) is 2. The molecule has 464 valence electrons. The second-order valence-corrected chi connectivity index (χ2v) is 27.5. The summed E-state index contributed by atoms with van der Waals surface area (Å²) in [5.41, 5.74) is 0.360. The number of imide groups is 2. The zero-order valence-corrected chi connectivity index (χ0v) is 50.8. The van der Waals surface area contributed by atoms with Crippen LogP contribution in [0.2, 0.25) is 0 Å². The molecule has 0 bridgehead atoms. The van der Waals surface area contributed by atoms with E-state index < -0.39 is 103 Å². The van der Waals surface area contributed by atoms with Crippen molar-refractivity contribution in [3.05, 3.63) is 173 Å². The van der Waals surface area contributed by atoms with Gasteiger partial charge in [0.2, 0.25) is 0 Å². The van der Waals surface area contributed by atoms with Gasteiger partial charge in [0.1, 0.15) is 46.0 Å². The van der Waals surface area contributed by atoms with Crippen LogP contribution in [0.4, 0.5) is 5.69 Å². The number of anilines is 1. The van der Waals surface area contributed by atoms with Crippen LogP contribution in [0, 0.1) is 0 Å². The number of benzene rings is 10. The molecular weight excluding hydrogens is 1260 g/mol. The summed E-state index contributed by atoms with van der Waals surface area (Å²) in [6.45, 7) is 6.79. The van der Waals surface area contributed by atoms with Gasteiger partial charge in [-0.05, 0) is 144 Å². The third kappa shape index (κ3) is 10.8. The molecule has 0 atom stereocenters. The van der Waals surface area contributed by atoms with Gasteiger partial charge in [0.15, 0.2) is 0 Å². The summed E-state index contributed by atoms with van der Waals surface area (Å²) in [5.74, 6) is -7.84. The number of carboxylic acids is 1. The maximum absolute atomic E-state index is 16.1. The van der Waals surface area contributed by atoms with Crippen LogP contribution in [-0.4, -0.2) is 98.0 Å². The Labute approximate surface area is 516 Å². The SMILES string of the molecule is CC(C)c1cccc(C(C)C)c1N1C(=O)c2cc(Oc3ccc(S(=O)(=O)O)cc3)c3c4c(Oc5ccc(S(=O)(=O)O)cc5)cc5c6c(cc(Oc7ccc(S(=O)(=O)O)cc7)c(c7c(Oc8ccc(S(=O)(=O)O)cc8)cc(c2c37)C1=O)c64)C(=O)N(CCC(=O)O)C5=O. The van der Waals surface area contributed by atoms with Crippen molar-refractivity contribution in [2.45, 2.75) is 65.5 Å². The molecule has 0 saturated carbocycles. The molecule has 10 aromatic carbocycles. The van der Waals surface area contributed by atoms with Crippen LogP contribution in [-0.2, 0) is 45.3 Å². The molecule has 0 aromatic heterocycles. The number of carbonyl (C=O) groups is 5. The van der Waals surface area contributed by atoms with Gasteiger partial charge in [-0.15, -0.1) is 0 Å². The highest BCUT2D eigenvalue weighted by molar-refractivity contribution is 7.86. The number of hydrogen-bond acceptors (Lipinski definition) is 17. The first-order valence-corrected chi connectivity index (χ1v) is 33.0. The van der Waals surface area contributed by atoms with Gasteiger partial charge >= 0.3 is 5.97 Å². The number of amides is 4. The lowest BCUT2D eigenvalue weighted by atomic mass is 9.80. The Hall–Kier alpha value is -9.91. The zero-order valence-electron chi connectivity index (χ0n) is 47.6. The van der Waals surface area contributed by atoms with Crippen LogP contribution in [0.5, 0.6) is 46.0 Å². The molecule has 10 aromatic rings. The van der Waals surface area contributed by atoms with Gasteiger partial charge in [0.05, 0.1) is 53.9 Å². The third-order valence-corrected chi connectivity index (χ3v) is 19.0. The smallest absolute Gasteiger partial charge is 0.305 e. The highest BCUT2D eigenvalue weighted by atomic mass is 32.2. The van der Waals surface area contributed by atoms with Gasteiger partial charge in [0.25, 0.3) is 64.1 Å². The molecule has 2 aliphatic heterocycles. The fourth-order valence-corrected chi connectivity index (χ4v) is 13.4. The fraction of sp³-hybridized carbons (Fsp3) is 0.127. The van der Waals surface area contributed by atoms with E-state index in [1.807, 2.05) is 27.7 Å². The molecular formula is C63H46N2O22S4. The third-order valence-electron chi connectivity index (χ3n) is 15.5. The maximum Gasteiger partial charge on any atom is 0.305 e. The van der Waals surface area contributed by atoms with Crippen molar-refractivity contribution >= 4 is 119 Å². The normalized spacial score (nSPS) is 13.8. The molecule has 4 amide bonds. The van der Waals surface area contributed by atoms with Crippen LogP contribution in [0.1, 0.15) is 98.5 Å². The number of rotatable bonds is 18. The van der Waals surface area contributed by atoms with E-state index in [9.17, 15) is 61.8 Å². The number of hydrogen-bond donors (Lipinski definition) is 5. The van der Waals surface area contributed by atoms with Gasteiger partial charge in [0, 0.05) is 49.6 Å². The van der Waals surface area contributed by atoms with Gasteiger partial charge in [-0.1, -0.05) is 45.9 Å². The Morgan fingerprint density at radius 1 is 0.396 bits per heavy atom. The number of ether oxygens (including phenoxy) is 4. The first-order valence-electron chi connectivity index (χ1n) is 27.3. The monoisotopic (exact) mass is 1310 g/mol. The van der Waals surface area contributed by atoms with E-state index in [0.717, 1.165) is 77.7 Å². The minimum absolute atomic E-state index is 0.0922. The largest absolute Gasteiger partial charge is 0.481 e. The average molecular weight is 1310 g/mol. The Morgan fingerprint density at radius 2 is 0.659 bits per heavy atom. The average Bonchev–Trinajstić information content (AvgIpc) is 0.678. The molecule has 0 saturated heterocycles. The number of para-hydroxylation sites is 1. The summed E-state index contributed by atoms with van der Waals surface area (Å²) in [5, 5.41) is 8.83. The minimum Gasteiger partial charge on any atom is -0.481 e. The van der Waals surface area contributed by atoms with E-state index in [2.05, 4.69) is 0 Å². The Morgan fingerprint density at radius 3 is 0.901 bits per heavy atom. The van der Waals surface area contributed by atoms with E-state index in [-0.39, 0.29) is 129 Å². The van der Waals surface area contributed by atoms with Crippen molar-refractivity contribution in [2.75, 3.05) is 11.4 Å². The molecule has 0 fully saturated rings. The molecule has 24 nitrogen and oxygen atoms in total. The van der Waals surface area contributed by atoms with Gasteiger partial charge < -0.3 is 24.1 Å². The van der Waals surface area contributed by atoms with Crippen molar-refractivity contribution in [1.82, 2.24) is 4.90 Å². The molecule has 28 heteroatoms. The van der Waals surface area contributed by atoms with Crippen molar-refractivity contribution in [1.29, 1.82) is 0 Å². The summed E-state index contributed by atoms with van der Waals surface area (Å²) >= 11 is 0. The number of carboxylic acid groups (broad SMARTS) is 1. The lowest BCUT2D eigenvalue weighted by Gasteiger charge is -2.34. The lowest BCUT2D eigenvalue weighted by Crippen LogP contribution is -2.42. The Kier molecular flexibility index (Phi) is 14.8. The van der Waals surface area contributed by atoms with Crippen molar-refractivity contribution in [3.63, 3.8) is 0 Å². The standard InChI is InChI=1S/C63H46N2O22S4/c1-30(2)40-6-5-7-41(31(3)4)59(40)65-62(70)44-28-48(86-34-12-20-38(21-13-34)90(78,79)80)55-53-46(84-32-8-16-36(17-9-32)88(72,73)74)26-42-51-43(61(69)64(60(42)68)25-24-50(66)67)27-47(85-33-10-18-37(19-11-33)89(75,76)77)54(57(51)53)56-49(29-45(63(65)71)52(44)58(55)56)87-35-14-22-39(23-15-35)91(81,82)83/h5-23,26-31H,24-25H2,1-4H3,(H,66,67)(H,72,73,74)(H,75,76,77)(H,78,79,80)(H,81,82,83). The Balaban J connectivity index is 1.32. The molecule has 0 radical (unpaired) electrons. The topological polar surface area (TPSA) is 366 Å². The van der Waals surface area contributed by atoms with Crippen LogP contribution >= 0.6 is 0 Å². The van der Waals surface area contributed by atoms with Crippen LogP contribution in [0.15, 0.2) is 159 Å². The van der Waals surface area contributed by atoms with E-state index in [0.29, 0.717) is 16.0 Å². The predicted molar refractivity (Wildman–Crippen MR) is 326 cm³/mol. The van der Waals surface area contributed by atoms with E-state index in [1.54, 1.807) is 18.2 Å². The number of aliphatic carboxylic acids is 1. The number of fused-ring (bicyclic) bond motifs is 2. The molecule has 0 spiro atoms. The van der Waals surface area contributed by atoms with Crippen LogP contribution in [0.25, 0.3) is 43.1 Å². The molecule has 2 heterocycles. The first-order chi connectivity index (χ1) is 42.8. The Bertz CT molecular complexity index is 5020. The van der Waals surface area contributed by atoms with Gasteiger partial charge in [-0.3, -0.25) is 47.1 Å². The van der Waals surface area contributed by atoms with Crippen molar-refractivity contribution < 1.29 is 99.9 Å². The molecule has 12 rings (SSSR count). The van der Waals surface area contributed by atoms with Gasteiger partial charge in [-0.25, -0.2) is 4.90 Å². The summed E-state index contributed by atoms with van der Waals surface area (Å²) in [7, 11) is -19.2. The lowest BCUT2D eigenvalue weighted by molar-refractivity contribution is -0.137. The second-order valence-electron chi connectivity index (χ2n) is 21.8. The van der Waals surface area contributed by atoms with E-state index >= 15 is 19.2 Å². The van der Waals surface area contributed by atoms with Gasteiger partial charge in [-0.2, -0.15) is 33.7 Å². The first kappa shape index (κ1) is 61.3.